The van der Waals surface area contributed by atoms with Crippen molar-refractivity contribution in [1.82, 2.24) is 0 Å². The van der Waals surface area contributed by atoms with Crippen molar-refractivity contribution in [3.63, 3.8) is 0 Å². The molecule has 1 aromatic rings. The van der Waals surface area contributed by atoms with Gasteiger partial charge < -0.3 is 5.21 Å². The van der Waals surface area contributed by atoms with Crippen LogP contribution in [0.1, 0.15) is 22.3 Å². The van der Waals surface area contributed by atoms with E-state index < -0.39 is 0 Å². The van der Waals surface area contributed by atoms with E-state index >= 15 is 0 Å². The summed E-state index contributed by atoms with van der Waals surface area (Å²) in [6, 6.07) is 0. The van der Waals surface area contributed by atoms with Crippen LogP contribution in [-0.2, 0) is 0 Å². The van der Waals surface area contributed by atoms with Gasteiger partial charge in [-0.25, -0.2) is 0 Å². The Morgan fingerprint density at radius 3 is 1.73 bits per heavy atom. The Morgan fingerprint density at radius 1 is 1.00 bits per heavy atom. The van der Waals surface area contributed by atoms with Gasteiger partial charge in [0, 0.05) is 15.6 Å². The zero-order valence-corrected chi connectivity index (χ0v) is 10.8. The molecule has 0 aromatic heterocycles. The number of rotatable bonds is 1. The van der Waals surface area contributed by atoms with E-state index in [0.717, 1.165) is 16.7 Å². The highest BCUT2D eigenvalue weighted by molar-refractivity contribution is 6.70. The number of nitrogens with zero attached hydrogens (tertiary/aromatic N) is 1. The van der Waals surface area contributed by atoms with Gasteiger partial charge in [-0.15, -0.1) is 0 Å². The average molecular weight is 267 g/mol. The first-order valence-electron chi connectivity index (χ1n) is 4.24. The van der Waals surface area contributed by atoms with Gasteiger partial charge >= 0.3 is 0 Å². The summed E-state index contributed by atoms with van der Waals surface area (Å²) >= 11 is 17.9. The SMILES string of the molecule is Cc1c(Cl)c(C)c(/C(Cl)=N/O)c(C)c1Cl. The predicted molar refractivity (Wildman–Crippen MR) is 64.8 cm³/mol. The van der Waals surface area contributed by atoms with Crippen molar-refractivity contribution in [2.24, 2.45) is 5.16 Å². The maximum absolute atomic E-state index is 8.66. The van der Waals surface area contributed by atoms with Crippen LogP contribution in [0, 0.1) is 20.8 Å². The van der Waals surface area contributed by atoms with Gasteiger partial charge in [0.2, 0.25) is 0 Å². The highest BCUT2D eigenvalue weighted by Gasteiger charge is 2.17. The largest absolute Gasteiger partial charge is 0.410 e. The second kappa shape index (κ2) is 4.60. The van der Waals surface area contributed by atoms with Crippen LogP contribution in [0.3, 0.4) is 0 Å². The van der Waals surface area contributed by atoms with E-state index in [4.69, 9.17) is 40.0 Å². The molecule has 0 bridgehead atoms. The molecule has 1 rings (SSSR count). The molecule has 15 heavy (non-hydrogen) atoms. The van der Waals surface area contributed by atoms with E-state index in [1.165, 1.54) is 0 Å². The molecule has 0 aliphatic carbocycles. The summed E-state index contributed by atoms with van der Waals surface area (Å²) in [6.07, 6.45) is 0. The Kier molecular flexibility index (Phi) is 3.87. The molecule has 1 N–H and O–H groups in total. The van der Waals surface area contributed by atoms with Gasteiger partial charge in [-0.1, -0.05) is 40.0 Å². The van der Waals surface area contributed by atoms with Crippen molar-refractivity contribution in [2.75, 3.05) is 0 Å². The van der Waals surface area contributed by atoms with Gasteiger partial charge in [-0.3, -0.25) is 0 Å². The quantitative estimate of drug-likeness (QED) is 0.459. The number of oxime groups is 1. The molecule has 1 aromatic carbocycles. The zero-order valence-electron chi connectivity index (χ0n) is 8.53. The third-order valence-electron chi connectivity index (χ3n) is 2.36. The topological polar surface area (TPSA) is 32.6 Å². The van der Waals surface area contributed by atoms with Gasteiger partial charge in [-0.2, -0.15) is 0 Å². The van der Waals surface area contributed by atoms with Crippen molar-refractivity contribution < 1.29 is 5.21 Å². The van der Waals surface area contributed by atoms with Crippen LogP contribution >= 0.6 is 34.8 Å². The average Bonchev–Trinajstić information content (AvgIpc) is 2.23. The summed E-state index contributed by atoms with van der Waals surface area (Å²) in [6.45, 7) is 5.45. The van der Waals surface area contributed by atoms with Crippen LogP contribution in [0.5, 0.6) is 0 Å². The van der Waals surface area contributed by atoms with E-state index in [1.807, 2.05) is 20.8 Å². The first-order chi connectivity index (χ1) is 6.91. The molecule has 0 heterocycles. The second-order valence-electron chi connectivity index (χ2n) is 3.27. The lowest BCUT2D eigenvalue weighted by Gasteiger charge is -2.14. The van der Waals surface area contributed by atoms with Crippen LogP contribution < -0.4 is 0 Å². The number of halogens is 3. The normalized spacial score (nSPS) is 12.0. The van der Waals surface area contributed by atoms with Crippen molar-refractivity contribution in [1.29, 1.82) is 0 Å². The van der Waals surface area contributed by atoms with E-state index in [1.54, 1.807) is 0 Å². The molecule has 0 radical (unpaired) electrons. The molecule has 0 saturated carbocycles. The second-order valence-corrected chi connectivity index (χ2v) is 4.38. The van der Waals surface area contributed by atoms with Gasteiger partial charge in [0.25, 0.3) is 0 Å². The summed E-state index contributed by atoms with van der Waals surface area (Å²) < 4.78 is 0. The van der Waals surface area contributed by atoms with Gasteiger partial charge in [0.1, 0.15) is 0 Å². The molecule has 82 valence electrons. The molecule has 0 aliphatic heterocycles. The van der Waals surface area contributed by atoms with E-state index in [2.05, 4.69) is 5.16 Å². The Bertz CT molecular complexity index is 412. The summed E-state index contributed by atoms with van der Waals surface area (Å²) in [4.78, 5) is 0. The lowest BCUT2D eigenvalue weighted by Crippen LogP contribution is -2.02. The van der Waals surface area contributed by atoms with Gasteiger partial charge in [0.05, 0.1) is 0 Å². The smallest absolute Gasteiger partial charge is 0.175 e. The van der Waals surface area contributed by atoms with E-state index in [9.17, 15) is 0 Å². The third-order valence-corrected chi connectivity index (χ3v) is 3.76. The molecule has 5 heteroatoms. The minimum Gasteiger partial charge on any atom is -0.410 e. The highest BCUT2D eigenvalue weighted by Crippen LogP contribution is 2.34. The number of benzene rings is 1. The molecule has 0 amide bonds. The predicted octanol–water partition coefficient (Wildman–Crippen LogP) is 4.29. The molecule has 0 aliphatic rings. The molecule has 2 nitrogen and oxygen atoms in total. The monoisotopic (exact) mass is 265 g/mol. The minimum absolute atomic E-state index is 0.00574. The number of hydrogen-bond acceptors (Lipinski definition) is 2. The highest BCUT2D eigenvalue weighted by atomic mass is 35.5. The van der Waals surface area contributed by atoms with Gasteiger partial charge in [0.15, 0.2) is 5.17 Å². The van der Waals surface area contributed by atoms with E-state index in [-0.39, 0.29) is 5.17 Å². The van der Waals surface area contributed by atoms with Crippen LogP contribution in [0.15, 0.2) is 5.16 Å². The summed E-state index contributed by atoms with van der Waals surface area (Å²) in [5.74, 6) is 0. The molecule has 0 saturated heterocycles. The first-order valence-corrected chi connectivity index (χ1v) is 5.37. The fourth-order valence-corrected chi connectivity index (χ4v) is 2.23. The fraction of sp³-hybridized carbons (Fsp3) is 0.300. The molecular formula is C10H10Cl3NO. The lowest BCUT2D eigenvalue weighted by molar-refractivity contribution is 0.321. The summed E-state index contributed by atoms with van der Waals surface area (Å²) in [5, 5.41) is 12.7. The first kappa shape index (κ1) is 12.6. The maximum Gasteiger partial charge on any atom is 0.175 e. The fourth-order valence-electron chi connectivity index (χ4n) is 1.52. The van der Waals surface area contributed by atoms with Crippen LogP contribution in [0.25, 0.3) is 0 Å². The standard InChI is InChI=1S/C10H10Cl3NO/c1-4-7(10(13)14-15)5(2)9(12)6(3)8(4)11/h15H,1-3H3/b14-10-. The summed E-state index contributed by atoms with van der Waals surface area (Å²) in [7, 11) is 0. The Morgan fingerprint density at radius 2 is 1.40 bits per heavy atom. The van der Waals surface area contributed by atoms with Crippen LogP contribution in [0.2, 0.25) is 10.0 Å². The van der Waals surface area contributed by atoms with Crippen LogP contribution in [-0.4, -0.2) is 10.4 Å². The molecular weight excluding hydrogens is 256 g/mol. The zero-order chi connectivity index (χ0) is 11.7. The van der Waals surface area contributed by atoms with Crippen LogP contribution in [0.4, 0.5) is 0 Å². The lowest BCUT2D eigenvalue weighted by atomic mass is 10.00. The van der Waals surface area contributed by atoms with Crippen molar-refractivity contribution >= 4 is 40.0 Å². The third kappa shape index (κ3) is 2.07. The molecule has 0 atom stereocenters. The van der Waals surface area contributed by atoms with Gasteiger partial charge in [-0.05, 0) is 37.5 Å². The molecule has 0 unspecified atom stereocenters. The summed E-state index contributed by atoms with van der Waals surface area (Å²) in [5.41, 5.74) is 2.91. The maximum atomic E-state index is 8.66. The Balaban J connectivity index is 3.67. The minimum atomic E-state index is -0.00574. The molecule has 0 spiro atoms. The van der Waals surface area contributed by atoms with Crippen molar-refractivity contribution in [3.8, 4) is 0 Å². The van der Waals surface area contributed by atoms with E-state index in [0.29, 0.717) is 15.6 Å². The molecule has 0 fully saturated rings. The van der Waals surface area contributed by atoms with Crippen molar-refractivity contribution in [2.45, 2.75) is 20.8 Å². The Labute approximate surface area is 103 Å². The number of hydrogen-bond donors (Lipinski definition) is 1. The Hall–Kier alpha value is -0.440. The van der Waals surface area contributed by atoms with Crippen molar-refractivity contribution in [3.05, 3.63) is 32.3 Å².